The van der Waals surface area contributed by atoms with Gasteiger partial charge in [0, 0.05) is 18.1 Å². The van der Waals surface area contributed by atoms with Crippen molar-refractivity contribution in [3.63, 3.8) is 0 Å². The molecule has 0 aliphatic rings. The molecule has 2 aromatic rings. The third-order valence-electron chi connectivity index (χ3n) is 3.06. The van der Waals surface area contributed by atoms with Gasteiger partial charge in [-0.1, -0.05) is 11.6 Å². The van der Waals surface area contributed by atoms with Crippen molar-refractivity contribution in [3.05, 3.63) is 51.4 Å². The SMILES string of the molecule is COc1ccc(Cl)cc1NC(=O)CN(C)C(=O)c1ccc(=O)[nH]n1. The number of ether oxygens (including phenoxy) is 1. The Kier molecular flexibility index (Phi) is 5.54. The number of H-pyrrole nitrogens is 1. The third-order valence-corrected chi connectivity index (χ3v) is 3.30. The number of benzene rings is 1. The fourth-order valence-corrected chi connectivity index (χ4v) is 2.09. The lowest BCUT2D eigenvalue weighted by molar-refractivity contribution is -0.116. The molecular formula is C15H15ClN4O4. The molecule has 126 valence electrons. The molecule has 0 atom stereocenters. The molecule has 1 aromatic carbocycles. The quantitative estimate of drug-likeness (QED) is 0.841. The van der Waals surface area contributed by atoms with Gasteiger partial charge in [-0.2, -0.15) is 5.10 Å². The molecule has 2 amide bonds. The van der Waals surface area contributed by atoms with Crippen molar-refractivity contribution in [2.75, 3.05) is 26.0 Å². The number of hydrogen-bond donors (Lipinski definition) is 2. The molecule has 2 rings (SSSR count). The van der Waals surface area contributed by atoms with Gasteiger partial charge in [0.2, 0.25) is 5.91 Å². The first-order valence-electron chi connectivity index (χ1n) is 6.85. The Morgan fingerprint density at radius 2 is 2.08 bits per heavy atom. The second kappa shape index (κ2) is 7.60. The van der Waals surface area contributed by atoms with Crippen molar-refractivity contribution < 1.29 is 14.3 Å². The van der Waals surface area contributed by atoms with Crippen LogP contribution >= 0.6 is 11.6 Å². The average molecular weight is 351 g/mol. The number of anilines is 1. The molecule has 0 unspecified atom stereocenters. The first-order valence-corrected chi connectivity index (χ1v) is 7.23. The summed E-state index contributed by atoms with van der Waals surface area (Å²) >= 11 is 5.90. The molecule has 1 aromatic heterocycles. The van der Waals surface area contributed by atoms with Crippen molar-refractivity contribution in [1.29, 1.82) is 0 Å². The Morgan fingerprint density at radius 3 is 2.71 bits per heavy atom. The number of likely N-dealkylation sites (N-methyl/N-ethyl adjacent to an activating group) is 1. The van der Waals surface area contributed by atoms with Gasteiger partial charge in [-0.15, -0.1) is 0 Å². The Morgan fingerprint density at radius 1 is 1.33 bits per heavy atom. The number of rotatable bonds is 5. The molecule has 0 aliphatic carbocycles. The van der Waals surface area contributed by atoms with Gasteiger partial charge in [0.1, 0.15) is 11.4 Å². The van der Waals surface area contributed by atoms with E-state index in [2.05, 4.69) is 15.5 Å². The molecule has 0 radical (unpaired) electrons. The first-order chi connectivity index (χ1) is 11.4. The van der Waals surface area contributed by atoms with Crippen LogP contribution in [0.2, 0.25) is 5.02 Å². The Balaban J connectivity index is 2.04. The highest BCUT2D eigenvalue weighted by molar-refractivity contribution is 6.31. The molecule has 0 saturated carbocycles. The number of amides is 2. The van der Waals surface area contributed by atoms with Crippen LogP contribution < -0.4 is 15.6 Å². The van der Waals surface area contributed by atoms with E-state index >= 15 is 0 Å². The number of aromatic nitrogens is 2. The van der Waals surface area contributed by atoms with Crippen molar-refractivity contribution in [2.45, 2.75) is 0 Å². The molecule has 24 heavy (non-hydrogen) atoms. The molecule has 8 nitrogen and oxygen atoms in total. The van der Waals surface area contributed by atoms with Gasteiger partial charge in [0.15, 0.2) is 0 Å². The fraction of sp³-hybridized carbons (Fsp3) is 0.200. The van der Waals surface area contributed by atoms with Gasteiger partial charge in [0.25, 0.3) is 11.5 Å². The lowest BCUT2D eigenvalue weighted by Crippen LogP contribution is -2.35. The summed E-state index contributed by atoms with van der Waals surface area (Å²) in [5, 5.41) is 8.86. The maximum absolute atomic E-state index is 12.1. The van der Waals surface area contributed by atoms with Crippen LogP contribution in [0.1, 0.15) is 10.5 Å². The average Bonchev–Trinajstić information content (AvgIpc) is 2.55. The molecule has 0 saturated heterocycles. The van der Waals surface area contributed by atoms with E-state index in [1.807, 2.05) is 0 Å². The summed E-state index contributed by atoms with van der Waals surface area (Å²) < 4.78 is 5.14. The smallest absolute Gasteiger partial charge is 0.274 e. The number of carbonyl (C=O) groups excluding carboxylic acids is 2. The van der Waals surface area contributed by atoms with Crippen LogP contribution in [0.4, 0.5) is 5.69 Å². The standard InChI is InChI=1S/C15H15ClN4O4/c1-20(15(23)10-4-6-13(21)19-18-10)8-14(22)17-11-7-9(16)3-5-12(11)24-2/h3-7H,8H2,1-2H3,(H,17,22)(H,19,21). The zero-order chi connectivity index (χ0) is 17.7. The van der Waals surface area contributed by atoms with Crippen molar-refractivity contribution in [3.8, 4) is 5.75 Å². The van der Waals surface area contributed by atoms with Crippen LogP contribution in [-0.2, 0) is 4.79 Å². The molecule has 9 heteroatoms. The number of aromatic amines is 1. The predicted molar refractivity (Wildman–Crippen MR) is 88.5 cm³/mol. The van der Waals surface area contributed by atoms with E-state index in [9.17, 15) is 14.4 Å². The normalized spacial score (nSPS) is 10.1. The molecule has 2 N–H and O–H groups in total. The minimum atomic E-state index is -0.501. The summed E-state index contributed by atoms with van der Waals surface area (Å²) in [6.45, 7) is -0.213. The number of nitrogens with zero attached hydrogens (tertiary/aromatic N) is 2. The second-order valence-electron chi connectivity index (χ2n) is 4.86. The summed E-state index contributed by atoms with van der Waals surface area (Å²) in [4.78, 5) is 36.4. The highest BCUT2D eigenvalue weighted by Gasteiger charge is 2.17. The lowest BCUT2D eigenvalue weighted by Gasteiger charge is -2.17. The molecular weight excluding hydrogens is 336 g/mol. The summed E-state index contributed by atoms with van der Waals surface area (Å²) in [6, 6.07) is 7.27. The van der Waals surface area contributed by atoms with Crippen LogP contribution in [0.15, 0.2) is 35.1 Å². The highest BCUT2D eigenvalue weighted by Crippen LogP contribution is 2.27. The van der Waals surface area contributed by atoms with E-state index in [0.29, 0.717) is 16.5 Å². The summed E-state index contributed by atoms with van der Waals surface area (Å²) in [6.07, 6.45) is 0. The van der Waals surface area contributed by atoms with E-state index in [-0.39, 0.29) is 12.2 Å². The topological polar surface area (TPSA) is 104 Å². The van der Waals surface area contributed by atoms with Crippen LogP contribution in [-0.4, -0.2) is 47.6 Å². The van der Waals surface area contributed by atoms with Gasteiger partial charge in [-0.25, -0.2) is 5.10 Å². The van der Waals surface area contributed by atoms with Gasteiger partial charge in [-0.05, 0) is 24.3 Å². The molecule has 0 spiro atoms. The summed E-state index contributed by atoms with van der Waals surface area (Å²) in [7, 11) is 2.92. The highest BCUT2D eigenvalue weighted by atomic mass is 35.5. The molecule has 0 fully saturated rings. The first kappa shape index (κ1) is 17.5. The third kappa shape index (κ3) is 4.32. The minimum Gasteiger partial charge on any atom is -0.495 e. The molecule has 1 heterocycles. The largest absolute Gasteiger partial charge is 0.495 e. The number of hydrogen-bond acceptors (Lipinski definition) is 5. The Hall–Kier alpha value is -2.87. The van der Waals surface area contributed by atoms with Crippen LogP contribution in [0.3, 0.4) is 0 Å². The number of nitrogens with one attached hydrogen (secondary N) is 2. The minimum absolute atomic E-state index is 0.0326. The van der Waals surface area contributed by atoms with Crippen molar-refractivity contribution >= 4 is 29.1 Å². The number of methoxy groups -OCH3 is 1. The van der Waals surface area contributed by atoms with Crippen LogP contribution in [0.5, 0.6) is 5.75 Å². The maximum atomic E-state index is 12.1. The van der Waals surface area contributed by atoms with Gasteiger partial charge < -0.3 is 15.0 Å². The van der Waals surface area contributed by atoms with Crippen LogP contribution in [0.25, 0.3) is 0 Å². The van der Waals surface area contributed by atoms with Gasteiger partial charge in [0.05, 0.1) is 19.3 Å². The zero-order valence-electron chi connectivity index (χ0n) is 13.0. The molecule has 0 aliphatic heterocycles. The van der Waals surface area contributed by atoms with Gasteiger partial charge in [-0.3, -0.25) is 14.4 Å². The van der Waals surface area contributed by atoms with Crippen molar-refractivity contribution in [2.24, 2.45) is 0 Å². The van der Waals surface area contributed by atoms with Crippen LogP contribution in [0, 0.1) is 0 Å². The Bertz CT molecular complexity index is 801. The zero-order valence-corrected chi connectivity index (χ0v) is 13.8. The number of halogens is 1. The molecule has 0 bridgehead atoms. The second-order valence-corrected chi connectivity index (χ2v) is 5.30. The van der Waals surface area contributed by atoms with Crippen molar-refractivity contribution in [1.82, 2.24) is 15.1 Å². The van der Waals surface area contributed by atoms with E-state index in [0.717, 1.165) is 0 Å². The Labute approximate surface area is 142 Å². The van der Waals surface area contributed by atoms with E-state index in [1.54, 1.807) is 18.2 Å². The van der Waals surface area contributed by atoms with E-state index in [1.165, 1.54) is 31.2 Å². The fourth-order valence-electron chi connectivity index (χ4n) is 1.91. The van der Waals surface area contributed by atoms with E-state index in [4.69, 9.17) is 16.3 Å². The van der Waals surface area contributed by atoms with Gasteiger partial charge >= 0.3 is 0 Å². The maximum Gasteiger partial charge on any atom is 0.274 e. The summed E-state index contributed by atoms with van der Waals surface area (Å²) in [5.74, 6) is -0.487. The predicted octanol–water partition coefficient (Wildman–Crippen LogP) is 1.14. The lowest BCUT2D eigenvalue weighted by atomic mass is 10.3. The van der Waals surface area contributed by atoms with E-state index < -0.39 is 17.4 Å². The summed E-state index contributed by atoms with van der Waals surface area (Å²) in [5.41, 5.74) is 0.0169. The monoisotopic (exact) mass is 350 g/mol. The number of carbonyl (C=O) groups is 2.